The normalized spacial score (nSPS) is 15.0. The number of nitrogens with two attached hydrogens (primary N) is 1. The van der Waals surface area contributed by atoms with Crippen molar-refractivity contribution in [2.24, 2.45) is 11.7 Å². The van der Waals surface area contributed by atoms with Gasteiger partial charge in [-0.15, -0.1) is 0 Å². The van der Waals surface area contributed by atoms with Crippen LogP contribution < -0.4 is 21.7 Å². The molecule has 5 unspecified atom stereocenters. The molecule has 3 amide bonds. The maximum Gasteiger partial charge on any atom is 0.326 e. The van der Waals surface area contributed by atoms with Gasteiger partial charge in [-0.2, -0.15) is 12.6 Å². The van der Waals surface area contributed by atoms with Crippen LogP contribution in [-0.2, 0) is 30.4 Å². The van der Waals surface area contributed by atoms with E-state index in [1.165, 1.54) is 12.1 Å². The predicted molar refractivity (Wildman–Crippen MR) is 133 cm³/mol. The highest BCUT2D eigenvalue weighted by molar-refractivity contribution is 7.80. The van der Waals surface area contributed by atoms with Crippen LogP contribution in [0.2, 0.25) is 0 Å². The van der Waals surface area contributed by atoms with E-state index in [2.05, 4.69) is 28.6 Å². The highest BCUT2D eigenvalue weighted by atomic mass is 32.1. The standard InChI is InChI=1S/C23H34N4O8S/c1-3-12(2)19(23(34)35)27-21(32)16(10-13-4-6-14(28)7-5-13)25-22(33)17(11-36)26-20(31)15(24)8-9-18(29)30/h4-7,12,15-17,19,28,36H,3,8-11,24H2,1-2H3,(H,25,33)(H,26,31)(H,27,32)(H,29,30)(H,34,35). The molecule has 1 rings (SSSR count). The average molecular weight is 527 g/mol. The molecule has 0 spiro atoms. The highest BCUT2D eigenvalue weighted by Crippen LogP contribution is 2.13. The second-order valence-electron chi connectivity index (χ2n) is 8.42. The van der Waals surface area contributed by atoms with Crippen molar-refractivity contribution in [3.8, 4) is 5.75 Å². The number of amides is 3. The first-order valence-electron chi connectivity index (χ1n) is 11.4. The van der Waals surface area contributed by atoms with E-state index in [9.17, 15) is 34.2 Å². The minimum absolute atomic E-state index is 0.00332. The predicted octanol–water partition coefficient (Wildman–Crippen LogP) is -0.358. The van der Waals surface area contributed by atoms with E-state index in [0.717, 1.165) is 0 Å². The fraction of sp³-hybridized carbons (Fsp3) is 0.522. The summed E-state index contributed by atoms with van der Waals surface area (Å²) in [6.07, 6.45) is -0.0134. The summed E-state index contributed by atoms with van der Waals surface area (Å²) in [6.45, 7) is 3.45. The molecule has 5 atom stereocenters. The number of carboxylic acids is 2. The van der Waals surface area contributed by atoms with Gasteiger partial charge in [0.25, 0.3) is 0 Å². The second-order valence-corrected chi connectivity index (χ2v) is 8.79. The Morgan fingerprint density at radius 2 is 1.50 bits per heavy atom. The van der Waals surface area contributed by atoms with Crippen molar-refractivity contribution in [3.63, 3.8) is 0 Å². The van der Waals surface area contributed by atoms with Gasteiger partial charge < -0.3 is 37.0 Å². The van der Waals surface area contributed by atoms with Crippen molar-refractivity contribution in [2.45, 2.75) is 63.7 Å². The number of rotatable bonds is 15. The molecule has 1 aromatic carbocycles. The molecule has 0 aliphatic heterocycles. The molecule has 0 saturated carbocycles. The molecule has 1 aromatic rings. The quantitative estimate of drug-likeness (QED) is 0.140. The van der Waals surface area contributed by atoms with Gasteiger partial charge in [0, 0.05) is 18.6 Å². The SMILES string of the molecule is CCC(C)C(NC(=O)C(Cc1ccc(O)cc1)NC(=O)C(CS)NC(=O)C(N)CCC(=O)O)C(=O)O. The Hall–Kier alpha value is -3.32. The molecule has 0 radical (unpaired) electrons. The number of aliphatic carboxylic acids is 2. The van der Waals surface area contributed by atoms with Crippen LogP contribution in [0.25, 0.3) is 0 Å². The Balaban J connectivity index is 3.04. The molecule has 0 heterocycles. The zero-order valence-electron chi connectivity index (χ0n) is 20.1. The number of hydrogen-bond donors (Lipinski definition) is 8. The molecular formula is C23H34N4O8S. The van der Waals surface area contributed by atoms with Gasteiger partial charge in [-0.3, -0.25) is 19.2 Å². The van der Waals surface area contributed by atoms with Crippen LogP contribution in [0, 0.1) is 5.92 Å². The summed E-state index contributed by atoms with van der Waals surface area (Å²) >= 11 is 4.07. The summed E-state index contributed by atoms with van der Waals surface area (Å²) in [5, 5.41) is 35.2. The minimum atomic E-state index is -1.22. The van der Waals surface area contributed by atoms with Crippen molar-refractivity contribution in [1.82, 2.24) is 16.0 Å². The topological polar surface area (TPSA) is 208 Å². The summed E-state index contributed by atoms with van der Waals surface area (Å²) in [6, 6.07) is 1.13. The maximum absolute atomic E-state index is 13.1. The fourth-order valence-electron chi connectivity index (χ4n) is 3.17. The van der Waals surface area contributed by atoms with Crippen LogP contribution in [-0.4, -0.2) is 74.9 Å². The number of hydrogen-bond acceptors (Lipinski definition) is 8. The maximum atomic E-state index is 13.1. The van der Waals surface area contributed by atoms with E-state index in [1.807, 2.05) is 0 Å². The first-order valence-corrected chi connectivity index (χ1v) is 12.0. The molecule has 0 aliphatic rings. The smallest absolute Gasteiger partial charge is 0.326 e. The highest BCUT2D eigenvalue weighted by Gasteiger charge is 2.31. The van der Waals surface area contributed by atoms with E-state index in [1.54, 1.807) is 26.0 Å². The van der Waals surface area contributed by atoms with Crippen molar-refractivity contribution in [1.29, 1.82) is 0 Å². The molecule has 8 N–H and O–H groups in total. The summed E-state index contributed by atoms with van der Waals surface area (Å²) < 4.78 is 0. The number of thiol groups is 1. The Labute approximate surface area is 214 Å². The minimum Gasteiger partial charge on any atom is -0.508 e. The van der Waals surface area contributed by atoms with Crippen molar-refractivity contribution < 1.29 is 39.3 Å². The van der Waals surface area contributed by atoms with Crippen LogP contribution in [0.5, 0.6) is 5.75 Å². The third-order valence-corrected chi connectivity index (χ3v) is 5.97. The average Bonchev–Trinajstić information content (AvgIpc) is 2.83. The Morgan fingerprint density at radius 1 is 0.944 bits per heavy atom. The Morgan fingerprint density at radius 3 is 2.00 bits per heavy atom. The van der Waals surface area contributed by atoms with Gasteiger partial charge in [0.05, 0.1) is 6.04 Å². The van der Waals surface area contributed by atoms with Crippen molar-refractivity contribution >= 4 is 42.3 Å². The lowest BCUT2D eigenvalue weighted by atomic mass is 9.98. The molecule has 0 saturated heterocycles. The van der Waals surface area contributed by atoms with Crippen LogP contribution in [0.3, 0.4) is 0 Å². The number of nitrogens with one attached hydrogen (secondary N) is 3. The van der Waals surface area contributed by atoms with Gasteiger partial charge in [0.1, 0.15) is 23.9 Å². The number of phenols is 1. The number of benzene rings is 1. The lowest BCUT2D eigenvalue weighted by molar-refractivity contribution is -0.144. The van der Waals surface area contributed by atoms with Gasteiger partial charge in [-0.05, 0) is 30.0 Å². The second kappa shape index (κ2) is 14.9. The molecule has 36 heavy (non-hydrogen) atoms. The Bertz CT molecular complexity index is 927. The summed E-state index contributed by atoms with van der Waals surface area (Å²) in [4.78, 5) is 60.6. The van der Waals surface area contributed by atoms with E-state index < -0.39 is 53.8 Å². The Kier molecular flexibility index (Phi) is 12.7. The van der Waals surface area contributed by atoms with Crippen LogP contribution in [0.1, 0.15) is 38.7 Å². The van der Waals surface area contributed by atoms with Gasteiger partial charge in [0.15, 0.2) is 0 Å². The first kappa shape index (κ1) is 30.7. The lowest BCUT2D eigenvalue weighted by Gasteiger charge is -2.26. The molecule has 13 heteroatoms. The van der Waals surface area contributed by atoms with Crippen LogP contribution >= 0.6 is 12.6 Å². The molecule has 0 aliphatic carbocycles. The van der Waals surface area contributed by atoms with Crippen molar-refractivity contribution in [3.05, 3.63) is 29.8 Å². The van der Waals surface area contributed by atoms with Gasteiger partial charge in [-0.1, -0.05) is 32.4 Å². The number of phenolic OH excluding ortho intramolecular Hbond substituents is 1. The summed E-state index contributed by atoms with van der Waals surface area (Å²) in [7, 11) is 0. The summed E-state index contributed by atoms with van der Waals surface area (Å²) in [5.41, 5.74) is 6.26. The number of carbonyl (C=O) groups excluding carboxylic acids is 3. The third-order valence-electron chi connectivity index (χ3n) is 5.61. The van der Waals surface area contributed by atoms with Gasteiger partial charge in [0.2, 0.25) is 17.7 Å². The van der Waals surface area contributed by atoms with Gasteiger partial charge in [-0.25, -0.2) is 4.79 Å². The molecular weight excluding hydrogens is 492 g/mol. The fourth-order valence-corrected chi connectivity index (χ4v) is 3.43. The van der Waals surface area contributed by atoms with Crippen LogP contribution in [0.4, 0.5) is 0 Å². The molecule has 0 bridgehead atoms. The van der Waals surface area contributed by atoms with E-state index in [4.69, 9.17) is 10.8 Å². The molecule has 12 nitrogen and oxygen atoms in total. The number of carbonyl (C=O) groups is 5. The zero-order chi connectivity index (χ0) is 27.4. The largest absolute Gasteiger partial charge is 0.508 e. The van der Waals surface area contributed by atoms with Crippen LogP contribution in [0.15, 0.2) is 24.3 Å². The molecule has 0 fully saturated rings. The third kappa shape index (κ3) is 10.1. The van der Waals surface area contributed by atoms with Crippen molar-refractivity contribution in [2.75, 3.05) is 5.75 Å². The monoisotopic (exact) mass is 526 g/mol. The molecule has 200 valence electrons. The van der Waals surface area contributed by atoms with E-state index in [-0.39, 0.29) is 36.7 Å². The first-order chi connectivity index (χ1) is 16.9. The number of carboxylic acid groups (broad SMARTS) is 2. The number of aromatic hydroxyl groups is 1. The summed E-state index contributed by atoms with van der Waals surface area (Å²) in [5.74, 6) is -5.14. The van der Waals surface area contributed by atoms with E-state index >= 15 is 0 Å². The van der Waals surface area contributed by atoms with E-state index in [0.29, 0.717) is 12.0 Å². The van der Waals surface area contributed by atoms with Gasteiger partial charge >= 0.3 is 11.9 Å². The molecule has 0 aromatic heterocycles. The lowest BCUT2D eigenvalue weighted by Crippen LogP contribution is -2.58. The zero-order valence-corrected chi connectivity index (χ0v) is 21.0.